The molecule has 4 aromatic carbocycles. The molecule has 1 fully saturated rings. The highest BCUT2D eigenvalue weighted by Gasteiger charge is 2.42. The fourth-order valence-electron chi connectivity index (χ4n) is 8.52. The highest BCUT2D eigenvalue weighted by molar-refractivity contribution is 7.16. The number of aryl methyl sites for hydroxylation is 1. The molecule has 0 aliphatic carbocycles. The number of carbonyl (C=O) groups is 2. The van der Waals surface area contributed by atoms with Crippen LogP contribution in [0.5, 0.6) is 11.5 Å². The van der Waals surface area contributed by atoms with E-state index in [1.165, 1.54) is 11.3 Å². The number of piperidine rings is 1. The van der Waals surface area contributed by atoms with Crippen molar-refractivity contribution in [1.29, 1.82) is 0 Å². The van der Waals surface area contributed by atoms with Crippen molar-refractivity contribution in [3.05, 3.63) is 105 Å². The van der Waals surface area contributed by atoms with Crippen LogP contribution in [0.15, 0.2) is 83.7 Å². The molecule has 2 amide bonds. The molecule has 1 aromatic heterocycles. The maximum atomic E-state index is 13.9. The molecule has 3 N–H and O–H groups in total. The number of rotatable bonds is 16. The zero-order valence-electron chi connectivity index (χ0n) is 42.1. The average Bonchev–Trinajstić information content (AvgIpc) is 3.69. The number of aromatic amines is 1. The van der Waals surface area contributed by atoms with Crippen molar-refractivity contribution in [2.24, 2.45) is 0 Å². The smallest absolute Gasteiger partial charge is 0.411 e. The maximum Gasteiger partial charge on any atom is 0.411 e. The number of aromatic nitrogens is 1. The Balaban J connectivity index is 0.973. The molecule has 2 aliphatic rings. The number of anilines is 2. The second kappa shape index (κ2) is 21.1. The maximum absolute atomic E-state index is 13.9. The molecule has 1 atom stereocenters. The minimum atomic E-state index is -2.28. The van der Waals surface area contributed by atoms with Crippen LogP contribution < -0.4 is 29.6 Å². The summed E-state index contributed by atoms with van der Waals surface area (Å²) in [6, 6.07) is 26.0. The number of carbonyl (C=O) groups excluding carboxylic acids is 2. The Bertz CT molecular complexity index is 2610. The van der Waals surface area contributed by atoms with E-state index in [0.717, 1.165) is 81.2 Å². The summed E-state index contributed by atoms with van der Waals surface area (Å²) in [5.41, 5.74) is 7.45. The first kappa shape index (κ1) is 51.1. The topological polar surface area (TPSA) is 134 Å². The van der Waals surface area contributed by atoms with Gasteiger partial charge in [-0.25, -0.2) is 4.79 Å². The number of likely N-dealkylation sites (tertiary alicyclic amines) is 1. The normalized spacial score (nSPS) is 15.8. The molecule has 3 heterocycles. The third kappa shape index (κ3) is 12.0. The van der Waals surface area contributed by atoms with E-state index in [1.54, 1.807) is 7.11 Å². The lowest BCUT2D eigenvalue weighted by molar-refractivity contribution is -0.119. The SMILES string of the molecule is COc1cc2c(cc1CNC[C@H](O[Si](C)(C)C(C)(C)C)c1ccc(O[Si](C)(C)C(C)(C)C)c3[nH]c(=O)sc13)CCCN2C(=O)CCN1CCC(OC(=O)Nc2ccccc2-c2ccccc2)CC1. The molecule has 366 valence electrons. The van der Waals surface area contributed by atoms with E-state index in [2.05, 4.69) is 100 Å². The number of nitrogens with one attached hydrogen (secondary N) is 3. The number of para-hydroxylation sites is 1. The van der Waals surface area contributed by atoms with Crippen molar-refractivity contribution in [3.63, 3.8) is 0 Å². The Morgan fingerprint density at radius 2 is 1.56 bits per heavy atom. The molecule has 7 rings (SSSR count). The molecular weight excluding hydrogens is 907 g/mol. The lowest BCUT2D eigenvalue weighted by Crippen LogP contribution is -2.44. The second-order valence-electron chi connectivity index (χ2n) is 21.4. The van der Waals surface area contributed by atoms with Crippen molar-refractivity contribution in [1.82, 2.24) is 15.2 Å². The first-order valence-electron chi connectivity index (χ1n) is 24.2. The Labute approximate surface area is 409 Å². The number of benzene rings is 4. The number of fused-ring (bicyclic) bond motifs is 2. The Morgan fingerprint density at radius 1 is 0.868 bits per heavy atom. The van der Waals surface area contributed by atoms with Crippen LogP contribution in [0.2, 0.25) is 36.3 Å². The largest absolute Gasteiger partial charge is 0.542 e. The molecular formula is C53H73N5O7SSi2. The van der Waals surface area contributed by atoms with Crippen molar-refractivity contribution in [2.45, 2.75) is 129 Å². The van der Waals surface area contributed by atoms with Gasteiger partial charge < -0.3 is 38.4 Å². The van der Waals surface area contributed by atoms with Gasteiger partial charge in [0, 0.05) is 68.4 Å². The summed E-state index contributed by atoms with van der Waals surface area (Å²) >= 11 is 1.21. The van der Waals surface area contributed by atoms with E-state index in [0.29, 0.717) is 51.1 Å². The van der Waals surface area contributed by atoms with Crippen molar-refractivity contribution < 1.29 is 27.9 Å². The van der Waals surface area contributed by atoms with E-state index in [1.807, 2.05) is 71.6 Å². The van der Waals surface area contributed by atoms with Crippen molar-refractivity contribution in [2.75, 3.05) is 50.1 Å². The van der Waals surface area contributed by atoms with Gasteiger partial charge in [0.1, 0.15) is 23.1 Å². The summed E-state index contributed by atoms with van der Waals surface area (Å²) in [4.78, 5) is 47.1. The Kier molecular flexibility index (Phi) is 15.8. The van der Waals surface area contributed by atoms with Crippen LogP contribution >= 0.6 is 11.3 Å². The fraction of sp³-hybridized carbons (Fsp3) is 0.491. The Morgan fingerprint density at radius 3 is 2.25 bits per heavy atom. The number of thiazole rings is 1. The van der Waals surface area contributed by atoms with Gasteiger partial charge in [-0.1, -0.05) is 107 Å². The van der Waals surface area contributed by atoms with Gasteiger partial charge in [-0.2, -0.15) is 0 Å². The van der Waals surface area contributed by atoms with E-state index < -0.39 is 22.7 Å². The minimum Gasteiger partial charge on any atom is -0.542 e. The van der Waals surface area contributed by atoms with E-state index in [-0.39, 0.29) is 33.1 Å². The molecule has 0 radical (unpaired) electrons. The lowest BCUT2D eigenvalue weighted by atomic mass is 9.97. The van der Waals surface area contributed by atoms with Crippen LogP contribution in [0.4, 0.5) is 16.2 Å². The number of amides is 2. The summed E-state index contributed by atoms with van der Waals surface area (Å²) in [6.07, 6.45) is 2.61. The summed E-state index contributed by atoms with van der Waals surface area (Å²) in [5.74, 6) is 1.54. The number of nitrogens with zero attached hydrogens (tertiary/aromatic N) is 2. The molecule has 5 aromatic rings. The minimum absolute atomic E-state index is 0.00528. The average molecular weight is 980 g/mol. The standard InChI is InChI=1S/C53H73N5O7SSi2/c1-52(2,3)67(8,9)64-44-24-23-41(49-48(44)56-51(61)66-49)46(65-68(10,11)53(4,5)6)35-54-34-38-32-37-20-17-28-58(43(37)33-45(38)62-7)47(59)27-31-57-29-25-39(26-30-57)63-50(60)55-42-22-16-15-21-40(42)36-18-13-12-14-19-36/h12-16,18-19,21-24,32-33,39,46,54H,17,20,25-31,34-35H2,1-11H3,(H,55,60)(H,56,61)/t46-/m0/s1. The highest BCUT2D eigenvalue weighted by atomic mass is 32.1. The van der Waals surface area contributed by atoms with Gasteiger partial charge in [0.25, 0.3) is 8.32 Å². The zero-order chi connectivity index (χ0) is 49.0. The van der Waals surface area contributed by atoms with Gasteiger partial charge in [-0.3, -0.25) is 14.9 Å². The van der Waals surface area contributed by atoms with E-state index in [4.69, 9.17) is 18.3 Å². The summed E-state index contributed by atoms with van der Waals surface area (Å²) in [7, 11) is -2.78. The predicted octanol–water partition coefficient (Wildman–Crippen LogP) is 11.9. The molecule has 0 bridgehead atoms. The number of H-pyrrole nitrogens is 1. The van der Waals surface area contributed by atoms with E-state index in [9.17, 15) is 14.4 Å². The number of hydrogen-bond donors (Lipinski definition) is 3. The van der Waals surface area contributed by atoms with Crippen LogP contribution in [-0.4, -0.2) is 84.5 Å². The third-order valence-electron chi connectivity index (χ3n) is 14.6. The first-order valence-corrected chi connectivity index (χ1v) is 30.9. The molecule has 12 nitrogen and oxygen atoms in total. The molecule has 2 aliphatic heterocycles. The van der Waals surface area contributed by atoms with Crippen LogP contribution in [0, 0.1) is 0 Å². The summed E-state index contributed by atoms with van der Waals surface area (Å²) < 4.78 is 26.7. The fourth-order valence-corrected chi connectivity index (χ4v) is 11.7. The second-order valence-corrected chi connectivity index (χ2v) is 31.9. The van der Waals surface area contributed by atoms with Crippen molar-refractivity contribution >= 4 is 61.6 Å². The van der Waals surface area contributed by atoms with Crippen molar-refractivity contribution in [3.8, 4) is 22.6 Å². The highest BCUT2D eigenvalue weighted by Crippen LogP contribution is 2.44. The third-order valence-corrected chi connectivity index (χ3v) is 24.3. The molecule has 1 saturated heterocycles. The Hall–Kier alpha value is -4.78. The van der Waals surface area contributed by atoms with Crippen LogP contribution in [0.1, 0.15) is 90.0 Å². The monoisotopic (exact) mass is 979 g/mol. The first-order chi connectivity index (χ1) is 32.1. The van der Waals surface area contributed by atoms with Crippen LogP contribution in [0.25, 0.3) is 21.3 Å². The van der Waals surface area contributed by atoms with E-state index >= 15 is 0 Å². The van der Waals surface area contributed by atoms with Crippen LogP contribution in [0.3, 0.4) is 0 Å². The quantitative estimate of drug-likeness (QED) is 0.0826. The summed E-state index contributed by atoms with van der Waals surface area (Å²) in [6.45, 7) is 26.2. The molecule has 0 unspecified atom stereocenters. The molecule has 68 heavy (non-hydrogen) atoms. The van der Waals surface area contributed by atoms with Gasteiger partial charge in [-0.05, 0) is 91.3 Å². The molecule has 0 saturated carbocycles. The van der Waals surface area contributed by atoms with Gasteiger partial charge in [0.2, 0.25) is 5.91 Å². The van der Waals surface area contributed by atoms with Gasteiger partial charge in [-0.15, -0.1) is 0 Å². The van der Waals surface area contributed by atoms with Crippen LogP contribution in [-0.2, 0) is 26.9 Å². The predicted molar refractivity (Wildman–Crippen MR) is 283 cm³/mol. The summed E-state index contributed by atoms with van der Waals surface area (Å²) in [5, 5.41) is 6.64. The molecule has 15 heteroatoms. The van der Waals surface area contributed by atoms with Gasteiger partial charge in [0.15, 0.2) is 8.32 Å². The van der Waals surface area contributed by atoms with Gasteiger partial charge in [0.05, 0.1) is 29.3 Å². The number of methoxy groups -OCH3 is 1. The zero-order valence-corrected chi connectivity index (χ0v) is 44.9. The molecule has 0 spiro atoms. The number of ether oxygens (including phenoxy) is 2. The number of hydrogen-bond acceptors (Lipinski definition) is 10. The van der Waals surface area contributed by atoms with Gasteiger partial charge >= 0.3 is 11.0 Å². The lowest BCUT2D eigenvalue weighted by Gasteiger charge is -2.40.